The molecule has 0 aromatic heterocycles. The number of amides is 1. The second-order valence-corrected chi connectivity index (χ2v) is 5.49. The molecular weight excluding hydrogens is 268 g/mol. The van der Waals surface area contributed by atoms with Crippen molar-refractivity contribution in [3.05, 3.63) is 24.3 Å². The van der Waals surface area contributed by atoms with Gasteiger partial charge in [0.25, 0.3) is 0 Å². The van der Waals surface area contributed by atoms with E-state index in [2.05, 4.69) is 5.32 Å². The first-order valence-electron chi connectivity index (χ1n) is 7.51. The highest BCUT2D eigenvalue weighted by Gasteiger charge is 2.25. The van der Waals surface area contributed by atoms with Crippen molar-refractivity contribution in [3.63, 3.8) is 0 Å². The molecule has 0 spiro atoms. The highest BCUT2D eigenvalue weighted by molar-refractivity contribution is 5.84. The summed E-state index contributed by atoms with van der Waals surface area (Å²) in [5.74, 6) is 1.62. The van der Waals surface area contributed by atoms with Gasteiger partial charge in [-0.1, -0.05) is 12.8 Å². The largest absolute Gasteiger partial charge is 0.497 e. The number of methoxy groups -OCH3 is 1. The number of carbonyl (C=O) groups excluding carboxylic acids is 1. The van der Waals surface area contributed by atoms with E-state index in [0.29, 0.717) is 30.7 Å². The summed E-state index contributed by atoms with van der Waals surface area (Å²) in [7, 11) is 1.61. The van der Waals surface area contributed by atoms with Crippen LogP contribution in [0.1, 0.15) is 25.7 Å². The number of benzene rings is 1. The van der Waals surface area contributed by atoms with Crippen LogP contribution in [0.5, 0.6) is 5.75 Å². The molecule has 1 aliphatic rings. The predicted octanol–water partition coefficient (Wildman–Crippen LogP) is 3.01. The molecule has 0 saturated heterocycles. The summed E-state index contributed by atoms with van der Waals surface area (Å²) in [4.78, 5) is 11.8. The number of anilines is 1. The minimum Gasteiger partial charge on any atom is -0.497 e. The highest BCUT2D eigenvalue weighted by Crippen LogP contribution is 2.29. The quantitative estimate of drug-likeness (QED) is 0.875. The van der Waals surface area contributed by atoms with Crippen LogP contribution in [0.25, 0.3) is 0 Å². The lowest BCUT2D eigenvalue weighted by atomic mass is 9.80. The van der Waals surface area contributed by atoms with E-state index in [4.69, 9.17) is 15.2 Å². The highest BCUT2D eigenvalue weighted by atomic mass is 16.5. The maximum atomic E-state index is 11.8. The van der Waals surface area contributed by atoms with E-state index in [1.165, 1.54) is 12.8 Å². The Morgan fingerprint density at radius 2 is 1.90 bits per heavy atom. The average molecular weight is 292 g/mol. The van der Waals surface area contributed by atoms with Crippen molar-refractivity contribution >= 4 is 11.8 Å². The fourth-order valence-electron chi connectivity index (χ4n) is 2.83. The molecule has 0 heterocycles. The van der Waals surface area contributed by atoms with E-state index in [9.17, 15) is 4.79 Å². The molecule has 5 nitrogen and oxygen atoms in total. The van der Waals surface area contributed by atoms with Crippen molar-refractivity contribution in [2.75, 3.05) is 25.6 Å². The summed E-state index contributed by atoms with van der Waals surface area (Å²) >= 11 is 0. The Bertz CT molecular complexity index is 447. The summed E-state index contributed by atoms with van der Waals surface area (Å²) in [6.07, 6.45) is 4.25. The van der Waals surface area contributed by atoms with Crippen LogP contribution >= 0.6 is 0 Å². The van der Waals surface area contributed by atoms with Gasteiger partial charge >= 0.3 is 6.09 Å². The van der Waals surface area contributed by atoms with E-state index < -0.39 is 6.09 Å². The third-order valence-electron chi connectivity index (χ3n) is 4.13. The van der Waals surface area contributed by atoms with E-state index in [1.807, 2.05) is 0 Å². The minimum atomic E-state index is -0.415. The van der Waals surface area contributed by atoms with Gasteiger partial charge in [0.1, 0.15) is 5.75 Å². The molecule has 1 fully saturated rings. The summed E-state index contributed by atoms with van der Waals surface area (Å²) in [6, 6.07) is 7.15. The van der Waals surface area contributed by atoms with Crippen molar-refractivity contribution in [2.45, 2.75) is 25.7 Å². The number of hydrogen-bond acceptors (Lipinski definition) is 4. The Morgan fingerprint density at radius 3 is 2.52 bits per heavy atom. The SMILES string of the molecule is COc1ccc(NC(=O)OCC2CCCCC2CN)cc1. The number of nitrogens with two attached hydrogens (primary N) is 1. The second kappa shape index (κ2) is 7.88. The molecule has 2 atom stereocenters. The second-order valence-electron chi connectivity index (χ2n) is 5.49. The van der Waals surface area contributed by atoms with Crippen molar-refractivity contribution in [1.82, 2.24) is 0 Å². The molecule has 1 amide bonds. The van der Waals surface area contributed by atoms with E-state index in [-0.39, 0.29) is 0 Å². The van der Waals surface area contributed by atoms with Gasteiger partial charge in [0.15, 0.2) is 0 Å². The molecule has 2 rings (SSSR count). The molecule has 1 saturated carbocycles. The molecular formula is C16H24N2O3. The third kappa shape index (κ3) is 4.63. The van der Waals surface area contributed by atoms with Crippen LogP contribution in [0.2, 0.25) is 0 Å². The molecule has 1 aromatic carbocycles. The van der Waals surface area contributed by atoms with Crippen LogP contribution in [0, 0.1) is 11.8 Å². The first kappa shape index (κ1) is 15.6. The Hall–Kier alpha value is -1.75. The lowest BCUT2D eigenvalue weighted by Crippen LogP contribution is -2.31. The van der Waals surface area contributed by atoms with Crippen LogP contribution in [-0.2, 0) is 4.74 Å². The van der Waals surface area contributed by atoms with Crippen molar-refractivity contribution in [3.8, 4) is 5.75 Å². The van der Waals surface area contributed by atoms with Gasteiger partial charge in [-0.05, 0) is 55.5 Å². The van der Waals surface area contributed by atoms with E-state index in [0.717, 1.165) is 18.6 Å². The van der Waals surface area contributed by atoms with Gasteiger partial charge < -0.3 is 15.2 Å². The minimum absolute atomic E-state index is 0.394. The number of carbonyl (C=O) groups is 1. The molecule has 116 valence electrons. The lowest BCUT2D eigenvalue weighted by molar-refractivity contribution is 0.104. The molecule has 1 aliphatic carbocycles. The maximum absolute atomic E-state index is 11.8. The standard InChI is InChI=1S/C16H24N2O3/c1-20-15-8-6-14(7-9-15)18-16(19)21-11-13-5-3-2-4-12(13)10-17/h6-9,12-13H,2-5,10-11,17H2,1H3,(H,18,19). The van der Waals surface area contributed by atoms with Crippen LogP contribution in [0.3, 0.4) is 0 Å². The Kier molecular flexibility index (Phi) is 5.87. The summed E-state index contributed by atoms with van der Waals surface area (Å²) in [5, 5.41) is 2.72. The lowest BCUT2D eigenvalue weighted by Gasteiger charge is -2.30. The van der Waals surface area contributed by atoms with Gasteiger partial charge in [0, 0.05) is 5.69 Å². The first-order valence-corrected chi connectivity index (χ1v) is 7.51. The number of hydrogen-bond donors (Lipinski definition) is 2. The molecule has 2 unspecified atom stereocenters. The van der Waals surface area contributed by atoms with Crippen LogP contribution < -0.4 is 15.8 Å². The van der Waals surface area contributed by atoms with Crippen LogP contribution in [-0.4, -0.2) is 26.4 Å². The molecule has 0 bridgehead atoms. The van der Waals surface area contributed by atoms with Gasteiger partial charge in [-0.25, -0.2) is 4.79 Å². The summed E-state index contributed by atoms with van der Waals surface area (Å²) in [6.45, 7) is 1.12. The van der Waals surface area contributed by atoms with E-state index in [1.54, 1.807) is 31.4 Å². The number of nitrogens with one attached hydrogen (secondary N) is 1. The van der Waals surface area contributed by atoms with Gasteiger partial charge in [0.05, 0.1) is 13.7 Å². The fourth-order valence-corrected chi connectivity index (χ4v) is 2.83. The number of ether oxygens (including phenoxy) is 2. The zero-order valence-corrected chi connectivity index (χ0v) is 12.5. The van der Waals surface area contributed by atoms with Crippen molar-refractivity contribution in [1.29, 1.82) is 0 Å². The monoisotopic (exact) mass is 292 g/mol. The van der Waals surface area contributed by atoms with Gasteiger partial charge in [-0.2, -0.15) is 0 Å². The molecule has 21 heavy (non-hydrogen) atoms. The van der Waals surface area contributed by atoms with Crippen molar-refractivity contribution in [2.24, 2.45) is 17.6 Å². The summed E-state index contributed by atoms with van der Waals surface area (Å²) < 4.78 is 10.4. The van der Waals surface area contributed by atoms with Crippen molar-refractivity contribution < 1.29 is 14.3 Å². The number of rotatable bonds is 5. The Labute approximate surface area is 125 Å². The van der Waals surface area contributed by atoms with Gasteiger partial charge in [-0.3, -0.25) is 5.32 Å². The predicted molar refractivity (Wildman–Crippen MR) is 82.5 cm³/mol. The molecule has 1 aromatic rings. The normalized spacial score (nSPS) is 21.6. The average Bonchev–Trinajstić information content (AvgIpc) is 2.54. The first-order chi connectivity index (χ1) is 10.2. The van der Waals surface area contributed by atoms with Crippen LogP contribution in [0.15, 0.2) is 24.3 Å². The fraction of sp³-hybridized carbons (Fsp3) is 0.562. The smallest absolute Gasteiger partial charge is 0.411 e. The Morgan fingerprint density at radius 1 is 1.24 bits per heavy atom. The van der Waals surface area contributed by atoms with Crippen LogP contribution in [0.4, 0.5) is 10.5 Å². The third-order valence-corrected chi connectivity index (χ3v) is 4.13. The molecule has 3 N–H and O–H groups in total. The zero-order chi connectivity index (χ0) is 15.1. The Balaban J connectivity index is 1.78. The van der Waals surface area contributed by atoms with Gasteiger partial charge in [-0.15, -0.1) is 0 Å². The van der Waals surface area contributed by atoms with E-state index >= 15 is 0 Å². The van der Waals surface area contributed by atoms with Gasteiger partial charge in [0.2, 0.25) is 0 Å². The topological polar surface area (TPSA) is 73.6 Å². The maximum Gasteiger partial charge on any atom is 0.411 e. The summed E-state index contributed by atoms with van der Waals surface area (Å²) in [5.41, 5.74) is 6.48. The molecule has 5 heteroatoms. The zero-order valence-electron chi connectivity index (χ0n) is 12.5. The molecule has 0 aliphatic heterocycles. The molecule has 0 radical (unpaired) electrons.